The van der Waals surface area contributed by atoms with Crippen LogP contribution in [0.25, 0.3) is 22.8 Å². The van der Waals surface area contributed by atoms with Crippen molar-refractivity contribution in [3.63, 3.8) is 0 Å². The molecule has 33 heavy (non-hydrogen) atoms. The van der Waals surface area contributed by atoms with E-state index in [0.717, 1.165) is 16.9 Å². The van der Waals surface area contributed by atoms with E-state index in [-0.39, 0.29) is 24.9 Å². The second kappa shape index (κ2) is 10.9. The van der Waals surface area contributed by atoms with Crippen LogP contribution < -0.4 is 9.47 Å². The molecule has 0 saturated carbocycles. The van der Waals surface area contributed by atoms with Gasteiger partial charge in [-0.3, -0.25) is 9.69 Å². The molecule has 0 fully saturated rings. The van der Waals surface area contributed by atoms with Crippen LogP contribution in [0.3, 0.4) is 0 Å². The largest absolute Gasteiger partial charge is 0.492 e. The number of rotatable bonds is 7. The summed E-state index contributed by atoms with van der Waals surface area (Å²) in [7, 11) is 0. The summed E-state index contributed by atoms with van der Waals surface area (Å²) in [6.07, 6.45) is 0.126. The molecule has 8 nitrogen and oxygen atoms in total. The van der Waals surface area contributed by atoms with E-state index in [1.165, 1.54) is 0 Å². The van der Waals surface area contributed by atoms with Crippen molar-refractivity contribution < 1.29 is 23.9 Å². The van der Waals surface area contributed by atoms with Gasteiger partial charge in [0.2, 0.25) is 5.82 Å². The molecule has 0 spiro atoms. The maximum atomic E-state index is 10.9. The second-order valence-electron chi connectivity index (χ2n) is 7.83. The number of fused-ring (bicyclic) bond motifs is 1. The zero-order valence-corrected chi connectivity index (χ0v) is 19.9. The number of benzene rings is 2. The van der Waals surface area contributed by atoms with E-state index in [1.807, 2.05) is 38.1 Å². The van der Waals surface area contributed by atoms with E-state index in [9.17, 15) is 4.79 Å². The Morgan fingerprint density at radius 3 is 2.76 bits per heavy atom. The number of nitrogens with zero attached hydrogens (tertiary/aromatic N) is 3. The van der Waals surface area contributed by atoms with E-state index in [0.29, 0.717) is 54.3 Å². The van der Waals surface area contributed by atoms with E-state index in [4.69, 9.17) is 30.7 Å². The van der Waals surface area contributed by atoms with E-state index >= 15 is 0 Å². The number of aromatic nitrogens is 2. The molecule has 4 rings (SSSR count). The topological polar surface area (TPSA) is 97.9 Å². The van der Waals surface area contributed by atoms with Crippen molar-refractivity contribution in [2.75, 3.05) is 19.7 Å². The van der Waals surface area contributed by atoms with Gasteiger partial charge in [-0.2, -0.15) is 4.98 Å². The number of aliphatic carboxylic acids is 1. The predicted octanol–water partition coefficient (Wildman–Crippen LogP) is 4.94. The maximum Gasteiger partial charge on any atom is 0.304 e. The summed E-state index contributed by atoms with van der Waals surface area (Å²) in [4.78, 5) is 17.4. The Bertz CT molecular complexity index is 1120. The molecule has 0 unspecified atom stereocenters. The lowest BCUT2D eigenvalue weighted by Gasteiger charge is -2.17. The standard InChI is InChI=1S/C23H24ClN3O5.ClH/c1-14(2)31-19-6-5-16(11-18(19)24)23-25-22(26-32-23)15-3-4-17-13-27(8-7-21(28)29)9-10-30-20(17)12-15;/h3-6,11-12,14H,7-10,13H2,1-2H3,(H,28,29);1H. The Labute approximate surface area is 202 Å². The highest BCUT2D eigenvalue weighted by Crippen LogP contribution is 2.33. The zero-order chi connectivity index (χ0) is 22.7. The monoisotopic (exact) mass is 493 g/mol. The van der Waals surface area contributed by atoms with Gasteiger partial charge in [-0.25, -0.2) is 0 Å². The van der Waals surface area contributed by atoms with Crippen LogP contribution in [0.5, 0.6) is 11.5 Å². The van der Waals surface area contributed by atoms with Gasteiger partial charge in [0.25, 0.3) is 5.89 Å². The van der Waals surface area contributed by atoms with Crippen LogP contribution in [-0.4, -0.2) is 51.9 Å². The molecule has 2 aromatic carbocycles. The number of halogens is 2. The summed E-state index contributed by atoms with van der Waals surface area (Å²) in [5.74, 6) is 1.34. The van der Waals surface area contributed by atoms with Crippen LogP contribution in [0.15, 0.2) is 40.9 Å². The highest BCUT2D eigenvalue weighted by atomic mass is 35.5. The molecule has 1 aliphatic heterocycles. The Morgan fingerprint density at radius 2 is 2.03 bits per heavy atom. The van der Waals surface area contributed by atoms with Crippen molar-refractivity contribution in [3.05, 3.63) is 47.0 Å². The Balaban J connectivity index is 0.00000306. The van der Waals surface area contributed by atoms with E-state index in [1.54, 1.807) is 12.1 Å². The first-order chi connectivity index (χ1) is 15.4. The fourth-order valence-electron chi connectivity index (χ4n) is 3.45. The molecule has 0 saturated heterocycles. The van der Waals surface area contributed by atoms with Gasteiger partial charge in [-0.1, -0.05) is 28.9 Å². The summed E-state index contributed by atoms with van der Waals surface area (Å²) in [5, 5.41) is 13.5. The highest BCUT2D eigenvalue weighted by Gasteiger charge is 2.19. The van der Waals surface area contributed by atoms with Gasteiger partial charge in [0.1, 0.15) is 18.1 Å². The summed E-state index contributed by atoms with van der Waals surface area (Å²) in [6, 6.07) is 11.1. The number of carboxylic acid groups (broad SMARTS) is 1. The molecule has 1 aliphatic rings. The van der Waals surface area contributed by atoms with Crippen molar-refractivity contribution in [2.45, 2.75) is 32.9 Å². The Kier molecular flexibility index (Phi) is 8.18. The Hall–Kier alpha value is -2.81. The number of hydrogen-bond donors (Lipinski definition) is 1. The van der Waals surface area contributed by atoms with Crippen LogP contribution in [0.2, 0.25) is 5.02 Å². The minimum Gasteiger partial charge on any atom is -0.492 e. The molecule has 0 aliphatic carbocycles. The second-order valence-corrected chi connectivity index (χ2v) is 8.23. The molecular weight excluding hydrogens is 469 g/mol. The highest BCUT2D eigenvalue weighted by molar-refractivity contribution is 6.32. The summed E-state index contributed by atoms with van der Waals surface area (Å²) < 4.78 is 17.0. The van der Waals surface area contributed by atoms with Gasteiger partial charge in [0, 0.05) is 36.3 Å². The van der Waals surface area contributed by atoms with Gasteiger partial charge in [-0.05, 0) is 38.1 Å². The summed E-state index contributed by atoms with van der Waals surface area (Å²) in [5.41, 5.74) is 2.46. The van der Waals surface area contributed by atoms with Crippen molar-refractivity contribution in [2.24, 2.45) is 0 Å². The minimum atomic E-state index is -0.804. The summed E-state index contributed by atoms with van der Waals surface area (Å²) >= 11 is 6.33. The van der Waals surface area contributed by atoms with Crippen LogP contribution >= 0.6 is 24.0 Å². The number of ether oxygens (including phenoxy) is 2. The van der Waals surface area contributed by atoms with E-state index in [2.05, 4.69) is 15.0 Å². The normalized spacial score (nSPS) is 13.6. The van der Waals surface area contributed by atoms with Crippen LogP contribution in [0.4, 0.5) is 0 Å². The van der Waals surface area contributed by atoms with Crippen molar-refractivity contribution in [1.82, 2.24) is 15.0 Å². The lowest BCUT2D eigenvalue weighted by molar-refractivity contribution is -0.137. The smallest absolute Gasteiger partial charge is 0.304 e. The summed E-state index contributed by atoms with van der Waals surface area (Å²) in [6.45, 7) is 6.14. The molecule has 0 atom stereocenters. The van der Waals surface area contributed by atoms with Gasteiger partial charge in [0.15, 0.2) is 0 Å². The molecule has 0 bridgehead atoms. The van der Waals surface area contributed by atoms with Gasteiger partial charge >= 0.3 is 5.97 Å². The number of carbonyl (C=O) groups is 1. The van der Waals surface area contributed by atoms with Crippen molar-refractivity contribution in [1.29, 1.82) is 0 Å². The average Bonchev–Trinajstić information content (AvgIpc) is 3.15. The Morgan fingerprint density at radius 1 is 1.24 bits per heavy atom. The third-order valence-electron chi connectivity index (χ3n) is 4.99. The molecule has 176 valence electrons. The van der Waals surface area contributed by atoms with Gasteiger partial charge in [-0.15, -0.1) is 12.4 Å². The molecule has 10 heteroatoms. The quantitative estimate of drug-likeness (QED) is 0.494. The lowest BCUT2D eigenvalue weighted by atomic mass is 10.1. The number of carboxylic acids is 1. The zero-order valence-electron chi connectivity index (χ0n) is 18.3. The third kappa shape index (κ3) is 6.16. The number of hydrogen-bond acceptors (Lipinski definition) is 7. The van der Waals surface area contributed by atoms with Gasteiger partial charge in [0.05, 0.1) is 17.5 Å². The van der Waals surface area contributed by atoms with Gasteiger partial charge < -0.3 is 19.1 Å². The lowest BCUT2D eigenvalue weighted by Crippen LogP contribution is -2.28. The van der Waals surface area contributed by atoms with Crippen LogP contribution in [-0.2, 0) is 11.3 Å². The molecule has 3 aromatic rings. The molecule has 1 aromatic heterocycles. The minimum absolute atomic E-state index is 0. The van der Waals surface area contributed by atoms with E-state index < -0.39 is 5.97 Å². The third-order valence-corrected chi connectivity index (χ3v) is 5.29. The molecule has 1 N–H and O–H groups in total. The molecular formula is C23H25Cl2N3O5. The first-order valence-electron chi connectivity index (χ1n) is 10.4. The first kappa shape index (κ1) is 24.8. The molecule has 2 heterocycles. The molecule has 0 amide bonds. The maximum absolute atomic E-state index is 10.9. The van der Waals surface area contributed by atoms with Crippen molar-refractivity contribution in [3.8, 4) is 34.3 Å². The predicted molar refractivity (Wildman–Crippen MR) is 126 cm³/mol. The fraction of sp³-hybridized carbons (Fsp3) is 0.348. The average molecular weight is 494 g/mol. The fourth-order valence-corrected chi connectivity index (χ4v) is 3.67. The first-order valence-corrected chi connectivity index (χ1v) is 10.8. The molecule has 0 radical (unpaired) electrons. The van der Waals surface area contributed by atoms with Crippen LogP contribution in [0.1, 0.15) is 25.8 Å². The SMILES string of the molecule is CC(C)Oc1ccc(-c2nc(-c3ccc4c(c3)OCCN(CCC(=O)O)C4)no2)cc1Cl.Cl. The van der Waals surface area contributed by atoms with Crippen LogP contribution in [0, 0.1) is 0 Å². The van der Waals surface area contributed by atoms with Crippen molar-refractivity contribution >= 4 is 30.0 Å².